The minimum Gasteiger partial charge on any atom is -0.489 e. The summed E-state index contributed by atoms with van der Waals surface area (Å²) in [6.07, 6.45) is 1.72. The SMILES string of the molecule is Nc1csc(NN=Cc2ccc(OCc3ccccc3)cc2)n1. The van der Waals surface area contributed by atoms with Gasteiger partial charge in [-0.05, 0) is 35.4 Å². The number of hydrazone groups is 1. The van der Waals surface area contributed by atoms with Crippen molar-refractivity contribution in [2.24, 2.45) is 5.10 Å². The molecule has 1 aromatic heterocycles. The molecule has 23 heavy (non-hydrogen) atoms. The maximum Gasteiger partial charge on any atom is 0.205 e. The van der Waals surface area contributed by atoms with E-state index in [1.54, 1.807) is 11.6 Å². The number of nitrogens with one attached hydrogen (secondary N) is 1. The average molecular weight is 324 g/mol. The van der Waals surface area contributed by atoms with Gasteiger partial charge in [0.25, 0.3) is 0 Å². The first-order valence-corrected chi connectivity index (χ1v) is 7.94. The van der Waals surface area contributed by atoms with Gasteiger partial charge in [0.05, 0.1) is 6.21 Å². The van der Waals surface area contributed by atoms with Crippen LogP contribution in [0.15, 0.2) is 65.1 Å². The molecule has 0 amide bonds. The molecule has 3 aromatic rings. The van der Waals surface area contributed by atoms with Gasteiger partial charge in [0.15, 0.2) is 0 Å². The van der Waals surface area contributed by atoms with Gasteiger partial charge in [-0.15, -0.1) is 11.3 Å². The number of hydrogen-bond acceptors (Lipinski definition) is 6. The summed E-state index contributed by atoms with van der Waals surface area (Å²) in [4.78, 5) is 4.06. The predicted molar refractivity (Wildman–Crippen MR) is 95.0 cm³/mol. The molecule has 0 aliphatic rings. The van der Waals surface area contributed by atoms with E-state index in [1.807, 2.05) is 54.6 Å². The van der Waals surface area contributed by atoms with Crippen LogP contribution in [0.5, 0.6) is 5.75 Å². The molecule has 0 unspecified atom stereocenters. The summed E-state index contributed by atoms with van der Waals surface area (Å²) in [5.74, 6) is 1.32. The lowest BCUT2D eigenvalue weighted by atomic mass is 10.2. The minimum absolute atomic E-state index is 0.493. The van der Waals surface area contributed by atoms with Crippen molar-refractivity contribution < 1.29 is 4.74 Å². The van der Waals surface area contributed by atoms with Crippen molar-refractivity contribution in [2.75, 3.05) is 11.2 Å². The second-order valence-electron chi connectivity index (χ2n) is 4.79. The van der Waals surface area contributed by atoms with Gasteiger partial charge in [-0.3, -0.25) is 5.43 Å². The van der Waals surface area contributed by atoms with Crippen LogP contribution in [0.2, 0.25) is 0 Å². The Hall–Kier alpha value is -2.86. The maximum atomic E-state index is 5.74. The van der Waals surface area contributed by atoms with Crippen molar-refractivity contribution >= 4 is 28.5 Å². The molecule has 1 heterocycles. The third kappa shape index (κ3) is 4.55. The minimum atomic E-state index is 0.493. The molecule has 2 aromatic carbocycles. The molecule has 0 fully saturated rings. The highest BCUT2D eigenvalue weighted by Gasteiger charge is 1.97. The first kappa shape index (κ1) is 15.1. The fourth-order valence-electron chi connectivity index (χ4n) is 1.89. The monoisotopic (exact) mass is 324 g/mol. The zero-order valence-corrected chi connectivity index (χ0v) is 13.2. The Morgan fingerprint density at radius 3 is 2.61 bits per heavy atom. The van der Waals surface area contributed by atoms with Crippen LogP contribution in [-0.2, 0) is 6.61 Å². The van der Waals surface area contributed by atoms with Gasteiger partial charge in [-0.25, -0.2) is 4.98 Å². The molecule has 0 saturated carbocycles. The lowest BCUT2D eigenvalue weighted by Gasteiger charge is -2.06. The number of thiazole rings is 1. The highest BCUT2D eigenvalue weighted by atomic mass is 32.1. The quantitative estimate of drug-likeness (QED) is 0.535. The van der Waals surface area contributed by atoms with Crippen LogP contribution in [0, 0.1) is 0 Å². The largest absolute Gasteiger partial charge is 0.489 e. The van der Waals surface area contributed by atoms with Gasteiger partial charge in [0.2, 0.25) is 5.13 Å². The lowest BCUT2D eigenvalue weighted by Crippen LogP contribution is -1.95. The van der Waals surface area contributed by atoms with Crippen molar-refractivity contribution in [1.29, 1.82) is 0 Å². The molecule has 5 nitrogen and oxygen atoms in total. The molecule has 0 atom stereocenters. The van der Waals surface area contributed by atoms with Gasteiger partial charge >= 0.3 is 0 Å². The number of nitrogen functional groups attached to an aromatic ring is 1. The lowest BCUT2D eigenvalue weighted by molar-refractivity contribution is 0.306. The van der Waals surface area contributed by atoms with Gasteiger partial charge < -0.3 is 10.5 Å². The number of rotatable bonds is 6. The fourth-order valence-corrected chi connectivity index (χ4v) is 2.44. The number of hydrogen-bond donors (Lipinski definition) is 2. The summed E-state index contributed by atoms with van der Waals surface area (Å²) < 4.78 is 5.74. The van der Waals surface area contributed by atoms with Crippen molar-refractivity contribution in [3.05, 3.63) is 71.1 Å². The van der Waals surface area contributed by atoms with Crippen LogP contribution in [0.1, 0.15) is 11.1 Å². The predicted octanol–water partition coefficient (Wildman–Crippen LogP) is 3.75. The van der Waals surface area contributed by atoms with Crippen LogP contribution in [-0.4, -0.2) is 11.2 Å². The molecule has 0 spiro atoms. The molecular formula is C17H16N4OS. The van der Waals surface area contributed by atoms with E-state index in [-0.39, 0.29) is 0 Å². The molecule has 6 heteroatoms. The van der Waals surface area contributed by atoms with Crippen LogP contribution in [0.3, 0.4) is 0 Å². The highest BCUT2D eigenvalue weighted by Crippen LogP contribution is 2.16. The van der Waals surface area contributed by atoms with E-state index in [4.69, 9.17) is 10.5 Å². The molecular weight excluding hydrogens is 308 g/mol. The molecule has 3 rings (SSSR count). The molecule has 0 aliphatic carbocycles. The van der Waals surface area contributed by atoms with Crippen LogP contribution in [0.25, 0.3) is 0 Å². The number of ether oxygens (including phenoxy) is 1. The maximum absolute atomic E-state index is 5.74. The second kappa shape index (κ2) is 7.42. The van der Waals surface area contributed by atoms with Crippen molar-refractivity contribution in [3.63, 3.8) is 0 Å². The Labute approximate surface area is 138 Å². The van der Waals surface area contributed by atoms with E-state index < -0.39 is 0 Å². The number of aromatic nitrogens is 1. The molecule has 0 bridgehead atoms. The molecule has 0 radical (unpaired) electrons. The van der Waals surface area contributed by atoms with Gasteiger partial charge in [-0.1, -0.05) is 30.3 Å². The number of nitrogens with zero attached hydrogens (tertiary/aromatic N) is 2. The number of benzene rings is 2. The zero-order valence-electron chi connectivity index (χ0n) is 12.3. The van der Waals surface area contributed by atoms with Crippen molar-refractivity contribution in [3.8, 4) is 5.75 Å². The smallest absolute Gasteiger partial charge is 0.205 e. The Morgan fingerprint density at radius 1 is 1.13 bits per heavy atom. The van der Waals surface area contributed by atoms with Crippen molar-refractivity contribution in [2.45, 2.75) is 6.61 Å². The normalized spacial score (nSPS) is 10.8. The van der Waals surface area contributed by atoms with Crippen LogP contribution < -0.4 is 15.9 Å². The topological polar surface area (TPSA) is 72.5 Å². The van der Waals surface area contributed by atoms with E-state index >= 15 is 0 Å². The first-order valence-electron chi connectivity index (χ1n) is 7.06. The van der Waals surface area contributed by atoms with Crippen LogP contribution >= 0.6 is 11.3 Å². The third-order valence-electron chi connectivity index (χ3n) is 3.02. The van der Waals surface area contributed by atoms with E-state index in [2.05, 4.69) is 15.5 Å². The Morgan fingerprint density at radius 2 is 1.91 bits per heavy atom. The Kier molecular flexibility index (Phi) is 4.85. The van der Waals surface area contributed by atoms with Crippen molar-refractivity contribution in [1.82, 2.24) is 4.98 Å². The summed E-state index contributed by atoms with van der Waals surface area (Å²) in [7, 11) is 0. The Balaban J connectivity index is 1.52. The standard InChI is InChI=1S/C17H16N4OS/c18-16-12-23-17(20-16)21-19-10-13-6-8-15(9-7-13)22-11-14-4-2-1-3-5-14/h1-10,12H,11,18H2,(H,20,21). The summed E-state index contributed by atoms with van der Waals surface area (Å²) in [6.45, 7) is 0.557. The zero-order chi connectivity index (χ0) is 15.9. The Bertz CT molecular complexity index is 769. The summed E-state index contributed by atoms with van der Waals surface area (Å²) >= 11 is 1.41. The highest BCUT2D eigenvalue weighted by molar-refractivity contribution is 7.14. The first-order chi connectivity index (χ1) is 11.3. The van der Waals surface area contributed by atoms with E-state index in [0.717, 1.165) is 16.9 Å². The summed E-state index contributed by atoms with van der Waals surface area (Å²) in [5, 5.41) is 6.55. The number of nitrogens with two attached hydrogens (primary N) is 1. The summed E-state index contributed by atoms with van der Waals surface area (Å²) in [5.41, 5.74) is 10.5. The number of anilines is 2. The van der Waals surface area contributed by atoms with Gasteiger partial charge in [-0.2, -0.15) is 5.10 Å². The average Bonchev–Trinajstić information content (AvgIpc) is 3.00. The van der Waals surface area contributed by atoms with Crippen LogP contribution in [0.4, 0.5) is 10.9 Å². The molecule has 0 saturated heterocycles. The second-order valence-corrected chi connectivity index (χ2v) is 5.65. The molecule has 0 aliphatic heterocycles. The van der Waals surface area contributed by atoms with Gasteiger partial charge in [0.1, 0.15) is 18.2 Å². The molecule has 116 valence electrons. The van der Waals surface area contributed by atoms with E-state index in [0.29, 0.717) is 17.6 Å². The van der Waals surface area contributed by atoms with E-state index in [9.17, 15) is 0 Å². The third-order valence-corrected chi connectivity index (χ3v) is 3.79. The van der Waals surface area contributed by atoms with E-state index in [1.165, 1.54) is 11.3 Å². The summed E-state index contributed by atoms with van der Waals surface area (Å²) in [6, 6.07) is 17.8. The van der Waals surface area contributed by atoms with Gasteiger partial charge in [0, 0.05) is 5.38 Å². The molecule has 3 N–H and O–H groups in total. The fraction of sp³-hybridized carbons (Fsp3) is 0.0588.